The fourth-order valence-corrected chi connectivity index (χ4v) is 6.47. The fraction of sp³-hybridized carbons (Fsp3) is 0.353. The van der Waals surface area contributed by atoms with Gasteiger partial charge in [0.05, 0.1) is 12.5 Å². The lowest BCUT2D eigenvalue weighted by Gasteiger charge is -2.46. The van der Waals surface area contributed by atoms with E-state index >= 15 is 0 Å². The van der Waals surface area contributed by atoms with Gasteiger partial charge in [-0.05, 0) is 74.1 Å². The van der Waals surface area contributed by atoms with Crippen LogP contribution in [0.4, 0.5) is 10.5 Å². The number of hydrogen-bond donors (Lipinski definition) is 2. The average Bonchev–Trinajstić information content (AvgIpc) is 2.99. The number of carbonyl (C=O) groups is 4. The molecule has 1 saturated carbocycles. The molecule has 2 N–H and O–H groups in total. The molecule has 8 nitrogen and oxygen atoms in total. The number of urea groups is 1. The van der Waals surface area contributed by atoms with E-state index in [0.29, 0.717) is 35.5 Å². The molecule has 0 spiro atoms. The van der Waals surface area contributed by atoms with Crippen LogP contribution in [0.25, 0.3) is 0 Å². The maximum atomic E-state index is 13.8. The topological polar surface area (TPSA) is 98.8 Å². The Bertz CT molecular complexity index is 1530. The second kappa shape index (κ2) is 13.0. The van der Waals surface area contributed by atoms with Crippen molar-refractivity contribution in [1.82, 2.24) is 15.1 Å². The van der Waals surface area contributed by atoms with Crippen molar-refractivity contribution in [2.24, 2.45) is 5.92 Å². The number of anilines is 1. The highest BCUT2D eigenvalue weighted by Crippen LogP contribution is 2.35. The van der Waals surface area contributed by atoms with Crippen molar-refractivity contribution in [1.29, 1.82) is 0 Å². The Balaban J connectivity index is 1.28. The van der Waals surface area contributed by atoms with Crippen LogP contribution in [-0.2, 0) is 22.7 Å². The Morgan fingerprint density at radius 2 is 1.60 bits per heavy atom. The summed E-state index contributed by atoms with van der Waals surface area (Å²) >= 11 is 6.19. The molecule has 2 fully saturated rings. The Hall–Kier alpha value is -4.17. The van der Waals surface area contributed by atoms with E-state index in [4.69, 9.17) is 11.6 Å². The van der Waals surface area contributed by atoms with Crippen molar-refractivity contribution in [3.63, 3.8) is 0 Å². The van der Waals surface area contributed by atoms with Gasteiger partial charge in [0.25, 0.3) is 5.91 Å². The lowest BCUT2D eigenvalue weighted by molar-refractivity contribution is -0.142. The number of halogens is 1. The summed E-state index contributed by atoms with van der Waals surface area (Å²) in [6.07, 6.45) is 3.21. The molecule has 9 heteroatoms. The predicted octanol–water partition coefficient (Wildman–Crippen LogP) is 6.16. The quantitative estimate of drug-likeness (QED) is 0.324. The van der Waals surface area contributed by atoms with Crippen molar-refractivity contribution in [3.05, 3.63) is 99.1 Å². The molecule has 2 aliphatic rings. The van der Waals surface area contributed by atoms with Crippen LogP contribution in [-0.4, -0.2) is 46.1 Å². The molecule has 0 radical (unpaired) electrons. The molecule has 2 atom stereocenters. The summed E-state index contributed by atoms with van der Waals surface area (Å²) in [5, 5.41) is 6.45. The third-order valence-corrected chi connectivity index (χ3v) is 8.77. The van der Waals surface area contributed by atoms with E-state index in [1.807, 2.05) is 51.1 Å². The third-order valence-electron chi connectivity index (χ3n) is 8.40. The molecule has 5 rings (SSSR count). The summed E-state index contributed by atoms with van der Waals surface area (Å²) in [4.78, 5) is 56.1. The van der Waals surface area contributed by atoms with Crippen molar-refractivity contribution in [2.75, 3.05) is 11.9 Å². The number of hydrogen-bond acceptors (Lipinski definition) is 4. The normalized spacial score (nSPS) is 18.3. The smallest absolute Gasteiger partial charge is 0.327 e. The van der Waals surface area contributed by atoms with Gasteiger partial charge >= 0.3 is 6.03 Å². The first-order valence-corrected chi connectivity index (χ1v) is 15.1. The first kappa shape index (κ1) is 30.3. The Morgan fingerprint density at radius 1 is 0.930 bits per heavy atom. The zero-order chi connectivity index (χ0) is 30.7. The molecule has 1 aliphatic heterocycles. The zero-order valence-electron chi connectivity index (χ0n) is 24.8. The first-order valence-electron chi connectivity index (χ1n) is 14.7. The molecule has 224 valence electrons. The molecule has 1 saturated heterocycles. The van der Waals surface area contributed by atoms with Gasteiger partial charge in [0.2, 0.25) is 11.8 Å². The summed E-state index contributed by atoms with van der Waals surface area (Å²) in [6.45, 7) is 6.15. The summed E-state index contributed by atoms with van der Waals surface area (Å²) in [5.41, 5.74) is 5.79. The molecule has 0 bridgehead atoms. The SMILES string of the molecule is Cc1cc(C)c(NC(=O)CN2C(=O)N(Cc3ccc(C(=O)NCc4ccccc4Cl)cc3)C(=O)C3CCCCC32)c(C)c1. The van der Waals surface area contributed by atoms with E-state index < -0.39 is 6.03 Å². The second-order valence-electron chi connectivity index (χ2n) is 11.6. The number of imide groups is 1. The van der Waals surface area contributed by atoms with E-state index in [2.05, 4.69) is 10.6 Å². The van der Waals surface area contributed by atoms with Crippen LogP contribution < -0.4 is 10.6 Å². The van der Waals surface area contributed by atoms with E-state index in [9.17, 15) is 19.2 Å². The number of benzene rings is 3. The standard InChI is InChI=1S/C34H37ClN4O4/c1-21-16-22(2)31(23(3)17-21)37-30(40)20-38-29-11-7-5-9-27(29)33(42)39(34(38)43)19-24-12-14-25(15-13-24)32(41)36-18-26-8-4-6-10-28(26)35/h4,6,8,10,12-17,27,29H,5,7,9,11,18-20H2,1-3H3,(H,36,41)(H,37,40). The number of rotatable bonds is 8. The van der Waals surface area contributed by atoms with Crippen LogP contribution in [0, 0.1) is 26.7 Å². The highest BCUT2D eigenvalue weighted by molar-refractivity contribution is 6.31. The fourth-order valence-electron chi connectivity index (χ4n) is 6.27. The van der Waals surface area contributed by atoms with Gasteiger partial charge in [0.15, 0.2) is 0 Å². The van der Waals surface area contributed by atoms with Gasteiger partial charge in [0, 0.05) is 28.9 Å². The van der Waals surface area contributed by atoms with Gasteiger partial charge in [-0.2, -0.15) is 0 Å². The molecule has 5 amide bonds. The summed E-state index contributed by atoms with van der Waals surface area (Å²) < 4.78 is 0. The third kappa shape index (κ3) is 6.75. The number of fused-ring (bicyclic) bond motifs is 1. The summed E-state index contributed by atoms with van der Waals surface area (Å²) in [5.74, 6) is -1.07. The van der Waals surface area contributed by atoms with Crippen molar-refractivity contribution in [3.8, 4) is 0 Å². The largest absolute Gasteiger partial charge is 0.348 e. The molecule has 3 aromatic rings. The Morgan fingerprint density at radius 3 is 2.30 bits per heavy atom. The summed E-state index contributed by atoms with van der Waals surface area (Å²) in [7, 11) is 0. The van der Waals surface area contributed by atoms with Crippen LogP contribution >= 0.6 is 11.6 Å². The van der Waals surface area contributed by atoms with E-state index in [1.54, 1.807) is 35.2 Å². The molecule has 1 aliphatic carbocycles. The lowest BCUT2D eigenvalue weighted by Crippen LogP contribution is -2.63. The van der Waals surface area contributed by atoms with Crippen LogP contribution in [0.5, 0.6) is 0 Å². The van der Waals surface area contributed by atoms with Crippen LogP contribution in [0.2, 0.25) is 5.02 Å². The molecule has 0 aromatic heterocycles. The molecule has 43 heavy (non-hydrogen) atoms. The van der Waals surface area contributed by atoms with Gasteiger partial charge in [0.1, 0.15) is 6.54 Å². The molecule has 2 unspecified atom stereocenters. The predicted molar refractivity (Wildman–Crippen MR) is 167 cm³/mol. The number of nitrogens with one attached hydrogen (secondary N) is 2. The lowest BCUT2D eigenvalue weighted by atomic mass is 9.81. The van der Waals surface area contributed by atoms with Crippen molar-refractivity contribution >= 4 is 41.0 Å². The molecule has 1 heterocycles. The number of aryl methyl sites for hydroxylation is 3. The zero-order valence-corrected chi connectivity index (χ0v) is 25.5. The maximum Gasteiger partial charge on any atom is 0.327 e. The van der Waals surface area contributed by atoms with Crippen LogP contribution in [0.15, 0.2) is 60.7 Å². The minimum absolute atomic E-state index is 0.0662. The van der Waals surface area contributed by atoms with E-state index in [1.165, 1.54) is 4.90 Å². The number of amides is 5. The Kier molecular flexibility index (Phi) is 9.16. The van der Waals surface area contributed by atoms with Gasteiger partial charge in [-0.25, -0.2) is 4.79 Å². The number of carbonyl (C=O) groups excluding carboxylic acids is 4. The molecular formula is C34H37ClN4O4. The monoisotopic (exact) mass is 600 g/mol. The molecular weight excluding hydrogens is 564 g/mol. The minimum atomic E-state index is -0.456. The first-order chi connectivity index (χ1) is 20.6. The maximum absolute atomic E-state index is 13.8. The van der Waals surface area contributed by atoms with Gasteiger partial charge < -0.3 is 15.5 Å². The second-order valence-corrected chi connectivity index (χ2v) is 12.0. The van der Waals surface area contributed by atoms with Gasteiger partial charge in [-0.15, -0.1) is 0 Å². The average molecular weight is 601 g/mol. The highest BCUT2D eigenvalue weighted by atomic mass is 35.5. The van der Waals surface area contributed by atoms with Crippen LogP contribution in [0.1, 0.15) is 63.9 Å². The van der Waals surface area contributed by atoms with Crippen molar-refractivity contribution < 1.29 is 19.2 Å². The van der Waals surface area contributed by atoms with Crippen LogP contribution in [0.3, 0.4) is 0 Å². The minimum Gasteiger partial charge on any atom is -0.348 e. The summed E-state index contributed by atoms with van der Waals surface area (Å²) in [6, 6.07) is 17.5. The Labute approximate surface area is 257 Å². The van der Waals surface area contributed by atoms with Gasteiger partial charge in [-0.3, -0.25) is 19.3 Å². The van der Waals surface area contributed by atoms with E-state index in [0.717, 1.165) is 40.8 Å². The number of nitrogens with zero attached hydrogens (tertiary/aromatic N) is 2. The van der Waals surface area contributed by atoms with Crippen molar-refractivity contribution in [2.45, 2.75) is 65.6 Å². The highest BCUT2D eigenvalue weighted by Gasteiger charge is 2.47. The van der Waals surface area contributed by atoms with Gasteiger partial charge in [-0.1, -0.05) is 72.5 Å². The van der Waals surface area contributed by atoms with E-state index in [-0.39, 0.29) is 42.8 Å². The molecule has 3 aromatic carbocycles.